The van der Waals surface area contributed by atoms with Crippen molar-refractivity contribution in [3.05, 3.63) is 65.2 Å². The highest BCUT2D eigenvalue weighted by Crippen LogP contribution is 2.18. The number of benzene rings is 2. The summed E-state index contributed by atoms with van der Waals surface area (Å²) < 4.78 is 16.1. The molecule has 0 saturated carbocycles. The van der Waals surface area contributed by atoms with Gasteiger partial charge < -0.3 is 14.2 Å². The normalized spacial score (nSPS) is 16.4. The summed E-state index contributed by atoms with van der Waals surface area (Å²) in [6.07, 6.45) is 1.87. The van der Waals surface area contributed by atoms with E-state index in [4.69, 9.17) is 14.2 Å². The number of carbonyl (C=O) groups excluding carboxylic acids is 2. The summed E-state index contributed by atoms with van der Waals surface area (Å²) in [6, 6.07) is 13.6. The largest absolute Gasteiger partial charge is 0.459 e. The summed E-state index contributed by atoms with van der Waals surface area (Å²) in [5, 5.41) is 0. The van der Waals surface area contributed by atoms with Gasteiger partial charge in [-0.15, -0.1) is 0 Å². The number of hydrogen-bond donors (Lipinski definition) is 0. The Morgan fingerprint density at radius 3 is 2.72 bits per heavy atom. The second kappa shape index (κ2) is 7.94. The topological polar surface area (TPSA) is 61.8 Å². The van der Waals surface area contributed by atoms with Crippen molar-refractivity contribution in [3.8, 4) is 5.75 Å². The summed E-state index contributed by atoms with van der Waals surface area (Å²) >= 11 is 0. The van der Waals surface area contributed by atoms with Crippen molar-refractivity contribution in [3.63, 3.8) is 0 Å². The third-order valence-electron chi connectivity index (χ3n) is 4.07. The molecule has 2 aromatic rings. The Kier molecular flexibility index (Phi) is 5.46. The third-order valence-corrected chi connectivity index (χ3v) is 4.07. The molecular formula is C20H20O5. The van der Waals surface area contributed by atoms with E-state index in [-0.39, 0.29) is 12.7 Å². The fourth-order valence-electron chi connectivity index (χ4n) is 2.68. The van der Waals surface area contributed by atoms with Gasteiger partial charge >= 0.3 is 11.9 Å². The van der Waals surface area contributed by atoms with E-state index in [1.165, 1.54) is 6.07 Å². The number of carbonyl (C=O) groups is 2. The van der Waals surface area contributed by atoms with Crippen LogP contribution in [0.3, 0.4) is 0 Å². The van der Waals surface area contributed by atoms with Gasteiger partial charge in [0.2, 0.25) is 0 Å². The Labute approximate surface area is 146 Å². The molecule has 25 heavy (non-hydrogen) atoms. The van der Waals surface area contributed by atoms with Crippen molar-refractivity contribution in [2.75, 3.05) is 13.2 Å². The number of rotatable bonds is 5. The lowest BCUT2D eigenvalue weighted by atomic mass is 10.1. The number of ether oxygens (including phenoxy) is 3. The van der Waals surface area contributed by atoms with Crippen molar-refractivity contribution in [1.82, 2.24) is 0 Å². The molecule has 1 heterocycles. The molecule has 0 radical (unpaired) electrons. The third kappa shape index (κ3) is 4.45. The second-order valence-electron chi connectivity index (χ2n) is 5.97. The summed E-state index contributed by atoms with van der Waals surface area (Å²) in [5.74, 6) is -0.605. The van der Waals surface area contributed by atoms with Gasteiger partial charge in [-0.25, -0.2) is 9.59 Å². The van der Waals surface area contributed by atoms with Crippen molar-refractivity contribution in [1.29, 1.82) is 0 Å². The zero-order chi connectivity index (χ0) is 17.6. The molecule has 5 heteroatoms. The van der Waals surface area contributed by atoms with Crippen molar-refractivity contribution >= 4 is 11.9 Å². The predicted octanol–water partition coefficient (Wildman–Crippen LogP) is 3.55. The highest BCUT2D eigenvalue weighted by Gasteiger charge is 2.19. The van der Waals surface area contributed by atoms with Crippen LogP contribution >= 0.6 is 0 Å². The number of hydrogen-bond acceptors (Lipinski definition) is 5. The Morgan fingerprint density at radius 1 is 1.12 bits per heavy atom. The molecule has 3 rings (SSSR count). The zero-order valence-electron chi connectivity index (χ0n) is 14.1. The molecule has 0 N–H and O–H groups in total. The summed E-state index contributed by atoms with van der Waals surface area (Å²) in [4.78, 5) is 24.4. The molecular weight excluding hydrogens is 320 g/mol. The molecule has 1 saturated heterocycles. The van der Waals surface area contributed by atoms with Crippen LogP contribution in [-0.2, 0) is 9.47 Å². The van der Waals surface area contributed by atoms with E-state index in [1.54, 1.807) is 30.3 Å². The van der Waals surface area contributed by atoms with Gasteiger partial charge in [-0.3, -0.25) is 0 Å². The summed E-state index contributed by atoms with van der Waals surface area (Å²) in [7, 11) is 0. The molecule has 1 unspecified atom stereocenters. The molecule has 130 valence electrons. The molecule has 1 atom stereocenters. The van der Waals surface area contributed by atoms with Gasteiger partial charge in [0.05, 0.1) is 17.2 Å². The Hall–Kier alpha value is -2.66. The molecule has 0 aliphatic carbocycles. The fourth-order valence-corrected chi connectivity index (χ4v) is 2.68. The van der Waals surface area contributed by atoms with E-state index in [1.807, 2.05) is 19.1 Å². The minimum atomic E-state index is -0.456. The molecule has 5 nitrogen and oxygen atoms in total. The maximum atomic E-state index is 12.3. The van der Waals surface area contributed by atoms with Crippen LogP contribution in [0.4, 0.5) is 0 Å². The quantitative estimate of drug-likeness (QED) is 0.615. The van der Waals surface area contributed by atoms with Crippen LogP contribution in [-0.4, -0.2) is 31.3 Å². The molecule has 1 fully saturated rings. The molecule has 1 aliphatic rings. The average Bonchev–Trinajstić information content (AvgIpc) is 3.14. The van der Waals surface area contributed by atoms with Crippen LogP contribution in [0, 0.1) is 6.92 Å². The van der Waals surface area contributed by atoms with Crippen LogP contribution in [0.5, 0.6) is 5.75 Å². The van der Waals surface area contributed by atoms with Gasteiger partial charge in [-0.05, 0) is 49.6 Å². The lowest BCUT2D eigenvalue weighted by Crippen LogP contribution is -2.18. The Morgan fingerprint density at radius 2 is 1.96 bits per heavy atom. The van der Waals surface area contributed by atoms with E-state index >= 15 is 0 Å². The Bertz CT molecular complexity index is 762. The SMILES string of the molecule is Cc1ccccc1C(=O)Oc1cccc(C(=O)OCC2CCCO2)c1. The number of esters is 2. The maximum Gasteiger partial charge on any atom is 0.343 e. The first-order chi connectivity index (χ1) is 12.1. The van der Waals surface area contributed by atoms with E-state index in [2.05, 4.69) is 0 Å². The van der Waals surface area contributed by atoms with Gasteiger partial charge in [-0.2, -0.15) is 0 Å². The molecule has 0 amide bonds. The highest BCUT2D eigenvalue weighted by molar-refractivity contribution is 5.93. The second-order valence-corrected chi connectivity index (χ2v) is 5.97. The monoisotopic (exact) mass is 340 g/mol. The molecule has 0 spiro atoms. The maximum absolute atomic E-state index is 12.3. The van der Waals surface area contributed by atoms with Gasteiger partial charge in [0.25, 0.3) is 0 Å². The van der Waals surface area contributed by atoms with Gasteiger partial charge in [0.15, 0.2) is 0 Å². The zero-order valence-corrected chi connectivity index (χ0v) is 14.1. The van der Waals surface area contributed by atoms with E-state index in [0.29, 0.717) is 23.5 Å². The minimum absolute atomic E-state index is 0.0222. The van der Waals surface area contributed by atoms with Gasteiger partial charge in [-0.1, -0.05) is 24.3 Å². The highest BCUT2D eigenvalue weighted by atomic mass is 16.6. The van der Waals surface area contributed by atoms with Crippen molar-refractivity contribution in [2.24, 2.45) is 0 Å². The van der Waals surface area contributed by atoms with Crippen LogP contribution in [0.2, 0.25) is 0 Å². The van der Waals surface area contributed by atoms with Crippen molar-refractivity contribution < 1.29 is 23.8 Å². The van der Waals surface area contributed by atoms with Gasteiger partial charge in [0.1, 0.15) is 12.4 Å². The van der Waals surface area contributed by atoms with Crippen LogP contribution in [0.1, 0.15) is 39.1 Å². The predicted molar refractivity (Wildman–Crippen MR) is 91.8 cm³/mol. The van der Waals surface area contributed by atoms with E-state index in [0.717, 1.165) is 18.4 Å². The molecule has 1 aliphatic heterocycles. The first-order valence-corrected chi connectivity index (χ1v) is 8.30. The lowest BCUT2D eigenvalue weighted by molar-refractivity contribution is 0.0161. The van der Waals surface area contributed by atoms with Gasteiger partial charge in [0, 0.05) is 6.61 Å². The smallest absolute Gasteiger partial charge is 0.343 e. The first-order valence-electron chi connectivity index (χ1n) is 8.30. The van der Waals surface area contributed by atoms with Crippen molar-refractivity contribution in [2.45, 2.75) is 25.9 Å². The molecule has 2 aromatic carbocycles. The molecule has 0 bridgehead atoms. The fraction of sp³-hybridized carbons (Fsp3) is 0.300. The molecule has 0 aromatic heterocycles. The average molecular weight is 340 g/mol. The van der Waals surface area contributed by atoms with Crippen LogP contribution in [0.25, 0.3) is 0 Å². The van der Waals surface area contributed by atoms with Crippen LogP contribution in [0.15, 0.2) is 48.5 Å². The summed E-state index contributed by atoms with van der Waals surface area (Å²) in [5.41, 5.74) is 1.67. The summed E-state index contributed by atoms with van der Waals surface area (Å²) in [6.45, 7) is 2.80. The standard InChI is InChI=1S/C20H20O5/c1-14-6-2-3-10-18(14)20(22)25-16-8-4-7-15(12-16)19(21)24-13-17-9-5-11-23-17/h2-4,6-8,10,12,17H,5,9,11,13H2,1H3. The van der Waals surface area contributed by atoms with E-state index in [9.17, 15) is 9.59 Å². The van der Waals surface area contributed by atoms with Crippen LogP contribution < -0.4 is 4.74 Å². The van der Waals surface area contributed by atoms with E-state index < -0.39 is 11.9 Å². The minimum Gasteiger partial charge on any atom is -0.459 e. The Balaban J connectivity index is 1.63. The number of aryl methyl sites for hydroxylation is 1. The lowest BCUT2D eigenvalue weighted by Gasteiger charge is -2.11. The first kappa shape index (κ1) is 17.2.